The van der Waals surface area contributed by atoms with Crippen molar-refractivity contribution in [3.8, 4) is 0 Å². The highest BCUT2D eigenvalue weighted by molar-refractivity contribution is 5.89. The van der Waals surface area contributed by atoms with Crippen LogP contribution in [0.25, 0.3) is 10.9 Å². The van der Waals surface area contributed by atoms with Gasteiger partial charge in [-0.25, -0.2) is 0 Å². The van der Waals surface area contributed by atoms with Crippen LogP contribution in [-0.2, 0) is 13.0 Å². The average molecular weight is 257 g/mol. The Balaban J connectivity index is 2.28. The summed E-state index contributed by atoms with van der Waals surface area (Å²) in [6, 6.07) is 4.65. The second kappa shape index (κ2) is 4.68. The standard InChI is InChI=1S/C17H23NO/c1-4-13(10-19)15-8-14-6-5-7-18-12(3)11(2)16(9-15)17(14)18/h8-9,13,19H,4-7,10H2,1-3H3. The molecule has 102 valence electrons. The summed E-state index contributed by atoms with van der Waals surface area (Å²) in [5.74, 6) is 0.283. The Hall–Kier alpha value is -1.28. The fourth-order valence-electron chi connectivity index (χ4n) is 3.49. The molecule has 0 fully saturated rings. The van der Waals surface area contributed by atoms with Gasteiger partial charge >= 0.3 is 0 Å². The van der Waals surface area contributed by atoms with Gasteiger partial charge in [0.2, 0.25) is 0 Å². The van der Waals surface area contributed by atoms with E-state index in [1.807, 2.05) is 0 Å². The molecular formula is C17H23NO. The smallest absolute Gasteiger partial charge is 0.0517 e. The van der Waals surface area contributed by atoms with Crippen LogP contribution in [0.5, 0.6) is 0 Å². The Bertz CT molecular complexity index is 620. The van der Waals surface area contributed by atoms with Crippen molar-refractivity contribution in [2.24, 2.45) is 0 Å². The van der Waals surface area contributed by atoms with Crippen LogP contribution in [0.15, 0.2) is 12.1 Å². The van der Waals surface area contributed by atoms with Gasteiger partial charge in [-0.05, 0) is 55.9 Å². The van der Waals surface area contributed by atoms with Gasteiger partial charge in [0.05, 0.1) is 5.52 Å². The van der Waals surface area contributed by atoms with Crippen molar-refractivity contribution >= 4 is 10.9 Å². The van der Waals surface area contributed by atoms with E-state index >= 15 is 0 Å². The molecule has 1 aliphatic heterocycles. The predicted octanol–water partition coefficient (Wildman–Crippen LogP) is 3.69. The topological polar surface area (TPSA) is 25.2 Å². The summed E-state index contributed by atoms with van der Waals surface area (Å²) >= 11 is 0. The van der Waals surface area contributed by atoms with Gasteiger partial charge in [0.15, 0.2) is 0 Å². The highest BCUT2D eigenvalue weighted by Gasteiger charge is 2.20. The summed E-state index contributed by atoms with van der Waals surface area (Å²) in [6.45, 7) is 8.01. The second-order valence-corrected chi connectivity index (χ2v) is 5.83. The third-order valence-corrected chi connectivity index (χ3v) is 4.85. The van der Waals surface area contributed by atoms with Gasteiger partial charge in [0, 0.05) is 30.1 Å². The SMILES string of the molecule is CCC(CO)c1cc2c3c(c1)c(C)c(C)n3CCC2. The van der Waals surface area contributed by atoms with Gasteiger partial charge in [0.25, 0.3) is 0 Å². The first kappa shape index (κ1) is 12.7. The number of nitrogens with zero attached hydrogens (tertiary/aromatic N) is 1. The Labute approximate surface area is 115 Å². The van der Waals surface area contributed by atoms with Crippen molar-refractivity contribution in [2.75, 3.05) is 6.61 Å². The van der Waals surface area contributed by atoms with E-state index in [1.54, 1.807) is 0 Å². The van der Waals surface area contributed by atoms with Crippen molar-refractivity contribution in [1.82, 2.24) is 4.57 Å². The molecule has 0 aliphatic carbocycles. The zero-order valence-electron chi connectivity index (χ0n) is 12.2. The van der Waals surface area contributed by atoms with Gasteiger partial charge in [-0.2, -0.15) is 0 Å². The van der Waals surface area contributed by atoms with E-state index in [9.17, 15) is 5.11 Å². The summed E-state index contributed by atoms with van der Waals surface area (Å²) in [5, 5.41) is 11.0. The largest absolute Gasteiger partial charge is 0.396 e. The van der Waals surface area contributed by atoms with Crippen LogP contribution in [0.2, 0.25) is 0 Å². The number of aryl methyl sites for hydroxylation is 3. The molecule has 1 aromatic carbocycles. The minimum Gasteiger partial charge on any atom is -0.396 e. The lowest BCUT2D eigenvalue weighted by Gasteiger charge is -2.20. The van der Waals surface area contributed by atoms with E-state index in [0.29, 0.717) is 0 Å². The first-order chi connectivity index (χ1) is 9.17. The van der Waals surface area contributed by atoms with Crippen molar-refractivity contribution < 1.29 is 5.11 Å². The first-order valence-corrected chi connectivity index (χ1v) is 7.40. The monoisotopic (exact) mass is 257 g/mol. The van der Waals surface area contributed by atoms with E-state index in [1.165, 1.54) is 46.1 Å². The van der Waals surface area contributed by atoms with Crippen LogP contribution in [0.1, 0.15) is 48.1 Å². The Morgan fingerprint density at radius 2 is 2.11 bits per heavy atom. The van der Waals surface area contributed by atoms with Crippen molar-refractivity contribution in [1.29, 1.82) is 0 Å². The third-order valence-electron chi connectivity index (χ3n) is 4.85. The molecule has 0 saturated heterocycles. The molecule has 0 bridgehead atoms. The zero-order valence-corrected chi connectivity index (χ0v) is 12.2. The number of aromatic nitrogens is 1. The average Bonchev–Trinajstić information content (AvgIpc) is 2.68. The van der Waals surface area contributed by atoms with Gasteiger partial charge in [0.1, 0.15) is 0 Å². The van der Waals surface area contributed by atoms with E-state index in [2.05, 4.69) is 37.5 Å². The molecule has 0 saturated carbocycles. The van der Waals surface area contributed by atoms with Gasteiger partial charge in [-0.3, -0.25) is 0 Å². The summed E-state index contributed by atoms with van der Waals surface area (Å²) in [6.07, 6.45) is 3.41. The molecule has 1 aromatic heterocycles. The number of rotatable bonds is 3. The van der Waals surface area contributed by atoms with Crippen LogP contribution in [-0.4, -0.2) is 16.3 Å². The fraction of sp³-hybridized carbons (Fsp3) is 0.529. The highest BCUT2D eigenvalue weighted by Crippen LogP contribution is 2.35. The van der Waals surface area contributed by atoms with Crippen LogP contribution in [0, 0.1) is 13.8 Å². The summed E-state index contributed by atoms with van der Waals surface area (Å²) in [4.78, 5) is 0. The van der Waals surface area contributed by atoms with Crippen molar-refractivity contribution in [3.63, 3.8) is 0 Å². The molecule has 0 amide bonds. The highest BCUT2D eigenvalue weighted by atomic mass is 16.3. The molecule has 0 spiro atoms. The quantitative estimate of drug-likeness (QED) is 0.891. The lowest BCUT2D eigenvalue weighted by Crippen LogP contribution is -2.10. The fourth-order valence-corrected chi connectivity index (χ4v) is 3.49. The molecule has 3 rings (SSSR count). The van der Waals surface area contributed by atoms with E-state index < -0.39 is 0 Å². The van der Waals surface area contributed by atoms with Crippen LogP contribution >= 0.6 is 0 Å². The minimum atomic E-state index is 0.250. The normalized spacial score (nSPS) is 16.0. The molecule has 1 N–H and O–H groups in total. The number of benzene rings is 1. The summed E-state index contributed by atoms with van der Waals surface area (Å²) in [5.41, 5.74) is 7.05. The molecule has 2 aromatic rings. The molecular weight excluding hydrogens is 234 g/mol. The molecule has 2 heteroatoms. The van der Waals surface area contributed by atoms with Gasteiger partial charge in [-0.15, -0.1) is 0 Å². The molecule has 2 nitrogen and oxygen atoms in total. The number of hydrogen-bond acceptors (Lipinski definition) is 1. The lowest BCUT2D eigenvalue weighted by molar-refractivity contribution is 0.262. The van der Waals surface area contributed by atoms with Crippen molar-refractivity contribution in [2.45, 2.75) is 52.5 Å². The zero-order chi connectivity index (χ0) is 13.6. The Morgan fingerprint density at radius 1 is 1.32 bits per heavy atom. The number of aliphatic hydroxyl groups is 1. The summed E-state index contributed by atoms with van der Waals surface area (Å²) in [7, 11) is 0. The molecule has 1 aliphatic rings. The van der Waals surface area contributed by atoms with E-state index in [0.717, 1.165) is 13.0 Å². The molecule has 1 atom stereocenters. The Kier molecular flexibility index (Phi) is 3.14. The van der Waals surface area contributed by atoms with Crippen LogP contribution in [0.3, 0.4) is 0 Å². The third kappa shape index (κ3) is 1.81. The lowest BCUT2D eigenvalue weighted by atomic mass is 9.91. The Morgan fingerprint density at radius 3 is 2.79 bits per heavy atom. The predicted molar refractivity (Wildman–Crippen MR) is 79.9 cm³/mol. The first-order valence-electron chi connectivity index (χ1n) is 7.40. The minimum absolute atomic E-state index is 0.250. The maximum absolute atomic E-state index is 9.55. The maximum atomic E-state index is 9.55. The maximum Gasteiger partial charge on any atom is 0.0517 e. The molecule has 2 heterocycles. The van der Waals surface area contributed by atoms with Crippen LogP contribution < -0.4 is 0 Å². The van der Waals surface area contributed by atoms with Gasteiger partial charge in [-0.1, -0.05) is 13.0 Å². The summed E-state index contributed by atoms with van der Waals surface area (Å²) < 4.78 is 2.48. The number of aliphatic hydroxyl groups excluding tert-OH is 1. The van der Waals surface area contributed by atoms with Crippen molar-refractivity contribution in [3.05, 3.63) is 34.5 Å². The van der Waals surface area contributed by atoms with E-state index in [-0.39, 0.29) is 12.5 Å². The number of hydrogen-bond donors (Lipinski definition) is 1. The van der Waals surface area contributed by atoms with Crippen LogP contribution in [0.4, 0.5) is 0 Å². The molecule has 19 heavy (non-hydrogen) atoms. The van der Waals surface area contributed by atoms with E-state index in [4.69, 9.17) is 0 Å². The molecule has 1 unspecified atom stereocenters. The van der Waals surface area contributed by atoms with Gasteiger partial charge < -0.3 is 9.67 Å². The second-order valence-electron chi connectivity index (χ2n) is 5.83. The molecule has 0 radical (unpaired) electrons.